The first kappa shape index (κ1) is 9.93. The number of fused-ring (bicyclic) bond motifs is 1. The van der Waals surface area contributed by atoms with Gasteiger partial charge in [0, 0.05) is 10.9 Å². The summed E-state index contributed by atoms with van der Waals surface area (Å²) in [5, 5.41) is 0.694. The zero-order chi connectivity index (χ0) is 10.1. The molecule has 2 rings (SSSR count). The molecule has 0 aromatic carbocycles. The molecule has 0 saturated carbocycles. The molecule has 2 atom stereocenters. The zero-order valence-electron chi connectivity index (χ0n) is 8.49. The Hall–Kier alpha value is -0.610. The predicted molar refractivity (Wildman–Crippen MR) is 60.3 cm³/mol. The fraction of sp³-hybridized carbons (Fsp3) is 0.700. The lowest BCUT2D eigenvalue weighted by Crippen LogP contribution is -2.36. The summed E-state index contributed by atoms with van der Waals surface area (Å²) in [7, 11) is 0. The highest BCUT2D eigenvalue weighted by molar-refractivity contribution is 7.15. The van der Waals surface area contributed by atoms with Crippen molar-refractivity contribution in [3.63, 3.8) is 0 Å². The molecule has 3 nitrogen and oxygen atoms in total. The maximum Gasteiger partial charge on any atom is 0.180 e. The van der Waals surface area contributed by atoms with Crippen LogP contribution in [0.1, 0.15) is 30.3 Å². The summed E-state index contributed by atoms with van der Waals surface area (Å²) >= 11 is 1.60. The molecule has 1 aliphatic carbocycles. The third-order valence-electron chi connectivity index (χ3n) is 2.94. The van der Waals surface area contributed by atoms with E-state index in [9.17, 15) is 0 Å². The van der Waals surface area contributed by atoms with Crippen LogP contribution in [0.4, 0.5) is 5.13 Å². The molecule has 4 heteroatoms. The molecular formula is C10H17N3S. The van der Waals surface area contributed by atoms with Crippen molar-refractivity contribution >= 4 is 16.5 Å². The third kappa shape index (κ3) is 1.77. The second-order valence-corrected chi connectivity index (χ2v) is 5.16. The van der Waals surface area contributed by atoms with Crippen molar-refractivity contribution < 1.29 is 0 Å². The average Bonchev–Trinajstić information content (AvgIpc) is 2.45. The second kappa shape index (κ2) is 3.87. The van der Waals surface area contributed by atoms with E-state index in [1.165, 1.54) is 23.4 Å². The lowest BCUT2D eigenvalue weighted by Gasteiger charge is -2.27. The van der Waals surface area contributed by atoms with E-state index >= 15 is 0 Å². The maximum atomic E-state index is 6.13. The van der Waals surface area contributed by atoms with Crippen LogP contribution in [-0.4, -0.2) is 11.0 Å². The van der Waals surface area contributed by atoms with E-state index in [0.29, 0.717) is 17.1 Å². The highest BCUT2D eigenvalue weighted by Gasteiger charge is 2.27. The highest BCUT2D eigenvalue weighted by atomic mass is 32.1. The summed E-state index contributed by atoms with van der Waals surface area (Å²) in [6.07, 6.45) is 4.40. The van der Waals surface area contributed by atoms with E-state index in [1.807, 2.05) is 0 Å². The Kier molecular flexibility index (Phi) is 2.74. The fourth-order valence-corrected chi connectivity index (χ4v) is 3.12. The van der Waals surface area contributed by atoms with Crippen molar-refractivity contribution in [2.45, 2.75) is 38.6 Å². The van der Waals surface area contributed by atoms with Gasteiger partial charge in [-0.3, -0.25) is 0 Å². The van der Waals surface area contributed by atoms with Gasteiger partial charge in [-0.15, -0.1) is 11.3 Å². The SMILES string of the molecule is CCCC1Cc2nc(N)sc2CC1N. The molecule has 1 aromatic heterocycles. The van der Waals surface area contributed by atoms with Gasteiger partial charge in [-0.05, 0) is 25.2 Å². The molecule has 0 fully saturated rings. The largest absolute Gasteiger partial charge is 0.375 e. The summed E-state index contributed by atoms with van der Waals surface area (Å²) in [6, 6.07) is 0.308. The predicted octanol–water partition coefficient (Wildman–Crippen LogP) is 1.57. The van der Waals surface area contributed by atoms with E-state index < -0.39 is 0 Å². The van der Waals surface area contributed by atoms with Gasteiger partial charge in [-0.1, -0.05) is 13.3 Å². The van der Waals surface area contributed by atoms with E-state index in [0.717, 1.165) is 12.8 Å². The molecule has 78 valence electrons. The molecule has 0 aliphatic heterocycles. The van der Waals surface area contributed by atoms with Crippen molar-refractivity contribution in [3.8, 4) is 0 Å². The van der Waals surface area contributed by atoms with Crippen molar-refractivity contribution in [2.24, 2.45) is 11.7 Å². The van der Waals surface area contributed by atoms with Crippen LogP contribution >= 0.6 is 11.3 Å². The molecule has 14 heavy (non-hydrogen) atoms. The molecule has 1 heterocycles. The van der Waals surface area contributed by atoms with E-state index in [-0.39, 0.29) is 0 Å². The van der Waals surface area contributed by atoms with Crippen LogP contribution in [0.25, 0.3) is 0 Å². The van der Waals surface area contributed by atoms with Crippen molar-refractivity contribution in [1.29, 1.82) is 0 Å². The number of nitrogens with two attached hydrogens (primary N) is 2. The van der Waals surface area contributed by atoms with Gasteiger partial charge in [0.25, 0.3) is 0 Å². The van der Waals surface area contributed by atoms with E-state index in [4.69, 9.17) is 11.5 Å². The van der Waals surface area contributed by atoms with Gasteiger partial charge in [0.15, 0.2) is 5.13 Å². The fourth-order valence-electron chi connectivity index (χ4n) is 2.19. The molecule has 0 radical (unpaired) electrons. The van der Waals surface area contributed by atoms with Crippen molar-refractivity contribution in [1.82, 2.24) is 4.98 Å². The maximum absolute atomic E-state index is 6.13. The molecule has 0 saturated heterocycles. The van der Waals surface area contributed by atoms with Gasteiger partial charge in [0.1, 0.15) is 0 Å². The Morgan fingerprint density at radius 3 is 3.00 bits per heavy atom. The lowest BCUT2D eigenvalue weighted by atomic mass is 9.84. The smallest absolute Gasteiger partial charge is 0.180 e. The third-order valence-corrected chi connectivity index (χ3v) is 3.89. The number of thiazole rings is 1. The number of rotatable bonds is 2. The van der Waals surface area contributed by atoms with Crippen LogP contribution in [0.15, 0.2) is 0 Å². The van der Waals surface area contributed by atoms with Gasteiger partial charge in [-0.25, -0.2) is 4.98 Å². The van der Waals surface area contributed by atoms with Gasteiger partial charge in [0.05, 0.1) is 5.69 Å². The van der Waals surface area contributed by atoms with Crippen LogP contribution < -0.4 is 11.5 Å². The minimum absolute atomic E-state index is 0.308. The Labute approximate surface area is 88.5 Å². The molecule has 2 unspecified atom stereocenters. The Morgan fingerprint density at radius 2 is 2.29 bits per heavy atom. The second-order valence-electron chi connectivity index (χ2n) is 4.04. The van der Waals surface area contributed by atoms with Gasteiger partial charge < -0.3 is 11.5 Å². The number of anilines is 1. The first-order valence-electron chi connectivity index (χ1n) is 5.20. The number of nitrogens with zero attached hydrogens (tertiary/aromatic N) is 1. The summed E-state index contributed by atoms with van der Waals surface area (Å²) in [5.41, 5.74) is 13.0. The molecule has 1 aliphatic rings. The number of aromatic nitrogens is 1. The first-order valence-corrected chi connectivity index (χ1v) is 6.02. The highest BCUT2D eigenvalue weighted by Crippen LogP contribution is 2.32. The van der Waals surface area contributed by atoms with Crippen LogP contribution in [0, 0.1) is 5.92 Å². The topological polar surface area (TPSA) is 64.9 Å². The minimum Gasteiger partial charge on any atom is -0.375 e. The number of hydrogen-bond acceptors (Lipinski definition) is 4. The Bertz CT molecular complexity index is 321. The van der Waals surface area contributed by atoms with Crippen LogP contribution in [0.5, 0.6) is 0 Å². The lowest BCUT2D eigenvalue weighted by molar-refractivity contribution is 0.365. The molecule has 0 spiro atoms. The molecule has 0 bridgehead atoms. The van der Waals surface area contributed by atoms with E-state index in [2.05, 4.69) is 11.9 Å². The summed E-state index contributed by atoms with van der Waals surface area (Å²) in [4.78, 5) is 5.67. The summed E-state index contributed by atoms with van der Waals surface area (Å²) in [6.45, 7) is 2.21. The van der Waals surface area contributed by atoms with Crippen LogP contribution in [-0.2, 0) is 12.8 Å². The standard InChI is InChI=1S/C10H17N3S/c1-2-3-6-4-8-9(5-7(6)11)14-10(12)13-8/h6-7H,2-5,11H2,1H3,(H2,12,13). The van der Waals surface area contributed by atoms with Crippen molar-refractivity contribution in [2.75, 3.05) is 5.73 Å². The quantitative estimate of drug-likeness (QED) is 0.780. The zero-order valence-corrected chi connectivity index (χ0v) is 9.31. The van der Waals surface area contributed by atoms with Gasteiger partial charge in [-0.2, -0.15) is 0 Å². The molecule has 1 aromatic rings. The Morgan fingerprint density at radius 1 is 1.50 bits per heavy atom. The number of hydrogen-bond donors (Lipinski definition) is 2. The summed E-state index contributed by atoms with van der Waals surface area (Å²) < 4.78 is 0. The average molecular weight is 211 g/mol. The van der Waals surface area contributed by atoms with Crippen molar-refractivity contribution in [3.05, 3.63) is 10.6 Å². The molecular weight excluding hydrogens is 194 g/mol. The minimum atomic E-state index is 0.308. The first-order chi connectivity index (χ1) is 6.70. The normalized spacial score (nSPS) is 26.1. The monoisotopic (exact) mass is 211 g/mol. The number of nitrogen functional groups attached to an aromatic ring is 1. The van der Waals surface area contributed by atoms with Crippen LogP contribution in [0.2, 0.25) is 0 Å². The molecule has 0 amide bonds. The molecule has 4 N–H and O–H groups in total. The van der Waals surface area contributed by atoms with Gasteiger partial charge >= 0.3 is 0 Å². The van der Waals surface area contributed by atoms with E-state index in [1.54, 1.807) is 11.3 Å². The summed E-state index contributed by atoms with van der Waals surface area (Å²) in [5.74, 6) is 0.606. The van der Waals surface area contributed by atoms with Gasteiger partial charge in [0.2, 0.25) is 0 Å². The van der Waals surface area contributed by atoms with Crippen LogP contribution in [0.3, 0.4) is 0 Å². The Balaban J connectivity index is 2.17.